The summed E-state index contributed by atoms with van der Waals surface area (Å²) in [5, 5.41) is 18.0. The fourth-order valence-corrected chi connectivity index (χ4v) is 14.3. The Morgan fingerprint density at radius 3 is 1.12 bits per heavy atom. The number of nitrogens with zero attached hydrogens (tertiary/aromatic N) is 3. The van der Waals surface area contributed by atoms with E-state index in [-0.39, 0.29) is 6.71 Å². The first-order valence-electron chi connectivity index (χ1n) is 26.7. The summed E-state index contributed by atoms with van der Waals surface area (Å²) in [5.74, 6) is 0. The zero-order valence-corrected chi connectivity index (χ0v) is 41.9. The van der Waals surface area contributed by atoms with Gasteiger partial charge in [0.25, 0.3) is 6.71 Å². The minimum atomic E-state index is -0.0447. The summed E-state index contributed by atoms with van der Waals surface area (Å²) in [7, 11) is 0. The Morgan fingerprint density at radius 2 is 0.671 bits per heavy atom. The number of fused-ring (bicyclic) bond motifs is 21. The molecule has 18 rings (SSSR count). The molecule has 0 atom stereocenters. The van der Waals surface area contributed by atoms with Gasteiger partial charge >= 0.3 is 0 Å². The first kappa shape index (κ1) is 40.8. The Bertz CT molecular complexity index is 4970. The molecule has 0 fully saturated rings. The Morgan fingerprint density at radius 1 is 0.289 bits per heavy atom. The van der Waals surface area contributed by atoms with Crippen molar-refractivity contribution in [2.75, 3.05) is 0 Å². The van der Waals surface area contributed by atoms with E-state index in [1.807, 2.05) is 0 Å². The number of hydrogen-bond donors (Lipinski definition) is 0. The molecule has 0 N–H and O–H groups in total. The molecule has 0 spiro atoms. The third-order valence-corrected chi connectivity index (χ3v) is 17.7. The third kappa shape index (κ3) is 5.23. The Labute approximate surface area is 437 Å². The highest BCUT2D eigenvalue weighted by Gasteiger charge is 2.42. The quantitative estimate of drug-likeness (QED) is 0.157. The summed E-state index contributed by atoms with van der Waals surface area (Å²) < 4.78 is 7.90. The Hall–Kier alpha value is -9.64. The van der Waals surface area contributed by atoms with Crippen LogP contribution >= 0.6 is 0 Å². The van der Waals surface area contributed by atoms with Crippen LogP contribution in [0, 0.1) is 13.8 Å². The Kier molecular flexibility index (Phi) is 7.82. The van der Waals surface area contributed by atoms with Crippen molar-refractivity contribution in [1.82, 2.24) is 13.7 Å². The molecule has 0 bridgehead atoms. The minimum absolute atomic E-state index is 0.0447. The fraction of sp³-hybridized carbons (Fsp3) is 0.0278. The molecule has 3 nitrogen and oxygen atoms in total. The molecule has 0 aliphatic carbocycles. The normalized spacial score (nSPS) is 12.8. The van der Waals surface area contributed by atoms with E-state index in [4.69, 9.17) is 0 Å². The van der Waals surface area contributed by atoms with E-state index in [9.17, 15) is 0 Å². The van der Waals surface area contributed by atoms with Gasteiger partial charge in [-0.25, -0.2) is 0 Å². The summed E-state index contributed by atoms with van der Waals surface area (Å²) in [4.78, 5) is 0. The summed E-state index contributed by atoms with van der Waals surface area (Å²) in [6, 6.07) is 88.1. The lowest BCUT2D eigenvalue weighted by Gasteiger charge is -2.34. The van der Waals surface area contributed by atoms with E-state index in [0.717, 1.165) is 5.69 Å². The molecule has 76 heavy (non-hydrogen) atoms. The van der Waals surface area contributed by atoms with Crippen molar-refractivity contribution in [2.45, 2.75) is 13.8 Å². The van der Waals surface area contributed by atoms with Crippen LogP contribution in [0.15, 0.2) is 231 Å². The lowest BCUT2D eigenvalue weighted by Crippen LogP contribution is -2.59. The van der Waals surface area contributed by atoms with Crippen molar-refractivity contribution in [3.8, 4) is 39.3 Å². The van der Waals surface area contributed by atoms with Crippen LogP contribution < -0.4 is 16.4 Å². The molecule has 0 unspecified atom stereocenters. The molecule has 0 amide bonds. The second-order valence-corrected chi connectivity index (χ2v) is 21.7. The maximum absolute atomic E-state index is 2.67. The van der Waals surface area contributed by atoms with Gasteiger partial charge < -0.3 is 13.7 Å². The highest BCUT2D eigenvalue weighted by atomic mass is 15.1. The molecule has 3 aromatic heterocycles. The van der Waals surface area contributed by atoms with E-state index in [2.05, 4.69) is 258 Å². The molecule has 4 heteroatoms. The number of aryl methyl sites for hydroxylation is 2. The lowest BCUT2D eigenvalue weighted by molar-refractivity contribution is 1.11. The van der Waals surface area contributed by atoms with E-state index >= 15 is 0 Å². The molecule has 13 aromatic carbocycles. The fourth-order valence-electron chi connectivity index (χ4n) is 14.3. The van der Waals surface area contributed by atoms with Crippen LogP contribution in [0.4, 0.5) is 0 Å². The second kappa shape index (κ2) is 14.6. The molecule has 0 saturated heterocycles. The van der Waals surface area contributed by atoms with Gasteiger partial charge in [0.2, 0.25) is 0 Å². The van der Waals surface area contributed by atoms with Crippen LogP contribution in [0.2, 0.25) is 0 Å². The predicted molar refractivity (Wildman–Crippen MR) is 324 cm³/mol. The first-order valence-corrected chi connectivity index (χ1v) is 26.7. The molecule has 2 aliphatic rings. The monoisotopic (exact) mass is 961 g/mol. The summed E-state index contributed by atoms with van der Waals surface area (Å²) in [6.07, 6.45) is 0. The second-order valence-electron chi connectivity index (χ2n) is 21.7. The van der Waals surface area contributed by atoms with Crippen molar-refractivity contribution in [1.29, 1.82) is 0 Å². The first-order chi connectivity index (χ1) is 37.5. The highest BCUT2D eigenvalue weighted by molar-refractivity contribution is 7.00. The van der Waals surface area contributed by atoms with Crippen molar-refractivity contribution in [3.05, 3.63) is 242 Å². The van der Waals surface area contributed by atoms with Gasteiger partial charge in [0.05, 0.1) is 38.8 Å². The molecule has 0 saturated carbocycles. The number of benzene rings is 13. The topological polar surface area (TPSA) is 14.8 Å². The van der Waals surface area contributed by atoms with Crippen LogP contribution in [0.5, 0.6) is 0 Å². The average molecular weight is 962 g/mol. The number of rotatable bonds is 3. The van der Waals surface area contributed by atoms with Crippen molar-refractivity contribution in [3.63, 3.8) is 0 Å². The molecule has 350 valence electrons. The van der Waals surface area contributed by atoms with Gasteiger partial charge in [0, 0.05) is 43.7 Å². The molecule has 2 aliphatic heterocycles. The minimum Gasteiger partial charge on any atom is -0.310 e. The van der Waals surface area contributed by atoms with Gasteiger partial charge in [-0.3, -0.25) is 0 Å². The van der Waals surface area contributed by atoms with Gasteiger partial charge in [-0.1, -0.05) is 193 Å². The van der Waals surface area contributed by atoms with E-state index in [1.54, 1.807) is 0 Å². The van der Waals surface area contributed by atoms with Crippen molar-refractivity contribution in [2.24, 2.45) is 0 Å². The summed E-state index contributed by atoms with van der Waals surface area (Å²) >= 11 is 0. The molecule has 0 radical (unpaired) electrons. The van der Waals surface area contributed by atoms with E-state index in [0.29, 0.717) is 0 Å². The maximum Gasteiger partial charge on any atom is 0.252 e. The van der Waals surface area contributed by atoms with Crippen molar-refractivity contribution >= 4 is 132 Å². The number of aromatic nitrogens is 3. The van der Waals surface area contributed by atoms with Crippen LogP contribution in [0.3, 0.4) is 0 Å². The SMILES string of the molecule is Cc1ccc(-c2ccc3c(c2)c2cc(-c4ccc(C)cc4)ccc2n3-c2cc3c4c(c2)-n2c5ccc6ccccc6c5c5c6ccccc6cc(c52)B4c2cc4ccccc4c4c5c6ccccc6ccc5n-3c24)cc1. The van der Waals surface area contributed by atoms with Gasteiger partial charge in [0.1, 0.15) is 0 Å². The summed E-state index contributed by atoms with van der Waals surface area (Å²) in [6.45, 7) is 4.28. The van der Waals surface area contributed by atoms with Gasteiger partial charge in [-0.2, -0.15) is 0 Å². The summed E-state index contributed by atoms with van der Waals surface area (Å²) in [5.41, 5.74) is 22.5. The van der Waals surface area contributed by atoms with Gasteiger partial charge in [0.15, 0.2) is 0 Å². The van der Waals surface area contributed by atoms with Crippen LogP contribution in [0.1, 0.15) is 11.1 Å². The molecular formula is C72H44BN3. The molecular weight excluding hydrogens is 918 g/mol. The van der Waals surface area contributed by atoms with Gasteiger partial charge in [-0.15, -0.1) is 0 Å². The molecule has 5 heterocycles. The van der Waals surface area contributed by atoms with Crippen LogP contribution in [0.25, 0.3) is 148 Å². The van der Waals surface area contributed by atoms with Gasteiger partial charge in [-0.05, 0) is 144 Å². The van der Waals surface area contributed by atoms with Crippen LogP contribution in [-0.4, -0.2) is 20.4 Å². The van der Waals surface area contributed by atoms with E-state index < -0.39 is 0 Å². The standard InChI is InChI=1S/C72H44BN3/c1-41-19-23-43(24-20-41)47-29-31-60-56(35-47)57-36-48(44-25-21-42(2)22-26-44)30-32-61(57)74(60)51-39-64-70-65(40-51)76-63-34-28-46-12-4-8-16-53(46)67(63)69-55-18-10-6-14-50(55)38-59(72(69)76)73(70)58-37-49-13-5-9-17-54(49)68-66-52-15-7-3-11-45(52)27-33-62(66)75(64)71(58)68/h3-40H,1-2H3. The number of hydrogen-bond acceptors (Lipinski definition) is 0. The zero-order chi connectivity index (χ0) is 49.7. The maximum atomic E-state index is 2.67. The molecule has 16 aromatic rings. The lowest BCUT2D eigenvalue weighted by atomic mass is 9.34. The Balaban J connectivity index is 1.05. The smallest absolute Gasteiger partial charge is 0.252 e. The third-order valence-electron chi connectivity index (χ3n) is 17.7. The zero-order valence-electron chi connectivity index (χ0n) is 41.9. The average Bonchev–Trinajstić information content (AvgIpc) is 4.01. The van der Waals surface area contributed by atoms with Crippen molar-refractivity contribution < 1.29 is 0 Å². The predicted octanol–water partition coefficient (Wildman–Crippen LogP) is 16.7. The highest BCUT2D eigenvalue weighted by Crippen LogP contribution is 2.47. The van der Waals surface area contributed by atoms with Crippen LogP contribution in [-0.2, 0) is 0 Å². The van der Waals surface area contributed by atoms with E-state index in [1.165, 1.54) is 170 Å². The largest absolute Gasteiger partial charge is 0.310 e.